The molecule has 0 nitrogen and oxygen atoms in total. The van der Waals surface area contributed by atoms with Gasteiger partial charge in [0.05, 0.1) is 0 Å². The fourth-order valence-corrected chi connectivity index (χ4v) is 1.02. The molecule has 6 heavy (non-hydrogen) atoms. The first-order valence-electron chi connectivity index (χ1n) is 2.41. The lowest BCUT2D eigenvalue weighted by atomic mass is 10.3. The lowest BCUT2D eigenvalue weighted by Gasteiger charge is -1.93. The van der Waals surface area contributed by atoms with E-state index in [0.717, 1.165) is 3.92 Å². The maximum Gasteiger partial charge on any atom is 0.00812 e. The molecule has 0 heterocycles. The molecule has 0 aromatic rings. The topological polar surface area (TPSA) is 0 Å². The number of hydrogen-bond donors (Lipinski definition) is 0. The van der Waals surface area contributed by atoms with Crippen molar-refractivity contribution >= 4 is 22.6 Å². The quantitative estimate of drug-likeness (QED) is 0.472. The third kappa shape index (κ3) is 4.73. The van der Waals surface area contributed by atoms with Gasteiger partial charge in [0.15, 0.2) is 0 Å². The van der Waals surface area contributed by atoms with E-state index in [1.54, 1.807) is 0 Å². The van der Waals surface area contributed by atoms with Crippen LogP contribution in [0.4, 0.5) is 0 Å². The molecule has 1 atom stereocenters. The summed E-state index contributed by atoms with van der Waals surface area (Å²) in [5.74, 6) is 0. The summed E-state index contributed by atoms with van der Waals surface area (Å²) >= 11 is 2.44. The van der Waals surface area contributed by atoms with Gasteiger partial charge in [-0.1, -0.05) is 42.9 Å². The van der Waals surface area contributed by atoms with Crippen molar-refractivity contribution in [3.8, 4) is 0 Å². The van der Waals surface area contributed by atoms with Crippen molar-refractivity contribution in [3.63, 3.8) is 0 Å². The lowest BCUT2D eigenvalue weighted by molar-refractivity contribution is 0.807. The molecule has 0 radical (unpaired) electrons. The van der Waals surface area contributed by atoms with Crippen molar-refractivity contribution < 1.29 is 0 Å². The zero-order valence-electron chi connectivity index (χ0n) is 4.37. The first kappa shape index (κ1) is 6.73. The van der Waals surface area contributed by atoms with Crippen LogP contribution < -0.4 is 0 Å². The van der Waals surface area contributed by atoms with Gasteiger partial charge in [-0.2, -0.15) is 0 Å². The monoisotopic (exact) mass is 198 g/mol. The first-order valence-corrected chi connectivity index (χ1v) is 3.66. The van der Waals surface area contributed by atoms with E-state index in [-0.39, 0.29) is 0 Å². The number of halogens is 1. The number of alkyl halides is 1. The predicted molar refractivity (Wildman–Crippen MR) is 38.4 cm³/mol. The smallest absolute Gasteiger partial charge is 0.00812 e. The van der Waals surface area contributed by atoms with Crippen molar-refractivity contribution in [1.82, 2.24) is 0 Å². The summed E-state index contributed by atoms with van der Waals surface area (Å²) in [7, 11) is 0. The van der Waals surface area contributed by atoms with Crippen LogP contribution in [0.2, 0.25) is 0 Å². The van der Waals surface area contributed by atoms with Crippen LogP contribution in [0.3, 0.4) is 0 Å². The Kier molecular flexibility index (Phi) is 4.38. The molecular weight excluding hydrogens is 187 g/mol. The molecule has 38 valence electrons. The third-order valence-corrected chi connectivity index (χ3v) is 1.31. The molecule has 0 aliphatic carbocycles. The van der Waals surface area contributed by atoms with E-state index in [1.807, 2.05) is 0 Å². The molecule has 0 spiro atoms. The second-order valence-electron chi connectivity index (χ2n) is 1.57. The van der Waals surface area contributed by atoms with Crippen molar-refractivity contribution in [3.05, 3.63) is 0 Å². The number of rotatable bonds is 2. The normalized spacial score (nSPS) is 14.5. The van der Waals surface area contributed by atoms with Crippen LogP contribution in [0.1, 0.15) is 26.7 Å². The van der Waals surface area contributed by atoms with E-state index in [0.29, 0.717) is 0 Å². The first-order chi connectivity index (χ1) is 2.77. The minimum Gasteiger partial charge on any atom is -0.0829 e. The van der Waals surface area contributed by atoms with Crippen molar-refractivity contribution in [1.29, 1.82) is 0 Å². The molecule has 1 unspecified atom stereocenters. The Morgan fingerprint density at radius 2 is 2.17 bits per heavy atom. The molecule has 0 aromatic carbocycles. The summed E-state index contributed by atoms with van der Waals surface area (Å²) in [5, 5.41) is 0. The molecule has 0 amide bonds. The Labute approximate surface area is 53.5 Å². The van der Waals surface area contributed by atoms with E-state index in [9.17, 15) is 0 Å². The highest BCUT2D eigenvalue weighted by Crippen LogP contribution is 2.04. The molecule has 0 fully saturated rings. The Bertz CT molecular complexity index is 25.1. The fourth-order valence-electron chi connectivity index (χ4n) is 0.398. The maximum atomic E-state index is 2.44. The van der Waals surface area contributed by atoms with Crippen LogP contribution in [0.15, 0.2) is 0 Å². The summed E-state index contributed by atoms with van der Waals surface area (Å²) in [6.07, 6.45) is 2.69. The van der Waals surface area contributed by atoms with Gasteiger partial charge in [-0.25, -0.2) is 0 Å². The molecule has 1 heteroatoms. The molecule has 0 aliphatic rings. The summed E-state index contributed by atoms with van der Waals surface area (Å²) in [4.78, 5) is 0. The van der Waals surface area contributed by atoms with Crippen LogP contribution in [0.25, 0.3) is 0 Å². The minimum atomic E-state index is 0.868. The molecule has 0 bridgehead atoms. The average Bonchev–Trinajstić information content (AvgIpc) is 1.35. The molecule has 0 rings (SSSR count). The van der Waals surface area contributed by atoms with Gasteiger partial charge in [-0.15, -0.1) is 0 Å². The van der Waals surface area contributed by atoms with Crippen LogP contribution in [-0.4, -0.2) is 3.92 Å². The minimum absolute atomic E-state index is 0.868. The van der Waals surface area contributed by atoms with Gasteiger partial charge in [0.1, 0.15) is 0 Å². The fraction of sp³-hybridized carbons (Fsp3) is 1.00. The van der Waals surface area contributed by atoms with E-state index < -0.39 is 0 Å². The van der Waals surface area contributed by atoms with E-state index >= 15 is 0 Å². The summed E-state index contributed by atoms with van der Waals surface area (Å²) < 4.78 is 0.868. The highest BCUT2D eigenvalue weighted by atomic mass is 127. The van der Waals surface area contributed by atoms with Gasteiger partial charge in [-0.05, 0) is 6.42 Å². The largest absolute Gasteiger partial charge is 0.0829 e. The van der Waals surface area contributed by atoms with Crippen molar-refractivity contribution in [2.75, 3.05) is 0 Å². The molecule has 0 saturated carbocycles. The van der Waals surface area contributed by atoms with Gasteiger partial charge in [0.2, 0.25) is 0 Å². The molecular formula is C5H11I. The van der Waals surface area contributed by atoms with Crippen LogP contribution in [-0.2, 0) is 0 Å². The SMILES string of the molecule is CCCC(C)I. The van der Waals surface area contributed by atoms with Gasteiger partial charge >= 0.3 is 0 Å². The highest BCUT2D eigenvalue weighted by molar-refractivity contribution is 14.1. The standard InChI is InChI=1S/C5H11I/c1-3-4-5(2)6/h5H,3-4H2,1-2H3. The van der Waals surface area contributed by atoms with Gasteiger partial charge in [-0.3, -0.25) is 0 Å². The summed E-state index contributed by atoms with van der Waals surface area (Å²) in [6.45, 7) is 4.46. The van der Waals surface area contributed by atoms with Gasteiger partial charge in [0.25, 0.3) is 0 Å². The second-order valence-corrected chi connectivity index (χ2v) is 3.70. The Balaban J connectivity index is 2.63. The zero-order valence-corrected chi connectivity index (χ0v) is 6.53. The molecule has 0 aromatic heterocycles. The van der Waals surface area contributed by atoms with E-state index in [1.165, 1.54) is 12.8 Å². The van der Waals surface area contributed by atoms with Gasteiger partial charge in [0, 0.05) is 3.92 Å². The summed E-state index contributed by atoms with van der Waals surface area (Å²) in [6, 6.07) is 0. The third-order valence-electron chi connectivity index (χ3n) is 0.686. The molecule has 0 saturated heterocycles. The Morgan fingerprint density at radius 1 is 1.67 bits per heavy atom. The Hall–Kier alpha value is 0.730. The van der Waals surface area contributed by atoms with Crippen molar-refractivity contribution in [2.45, 2.75) is 30.6 Å². The zero-order chi connectivity index (χ0) is 4.99. The molecule has 0 N–H and O–H groups in total. The van der Waals surface area contributed by atoms with Crippen LogP contribution in [0, 0.1) is 0 Å². The van der Waals surface area contributed by atoms with E-state index in [2.05, 4.69) is 36.4 Å². The van der Waals surface area contributed by atoms with Crippen LogP contribution >= 0.6 is 22.6 Å². The van der Waals surface area contributed by atoms with Gasteiger partial charge < -0.3 is 0 Å². The maximum absolute atomic E-state index is 2.44. The highest BCUT2D eigenvalue weighted by Gasteiger charge is 1.87. The Morgan fingerprint density at radius 3 is 2.17 bits per heavy atom. The molecule has 0 aliphatic heterocycles. The second kappa shape index (κ2) is 3.90. The van der Waals surface area contributed by atoms with Crippen LogP contribution in [0.5, 0.6) is 0 Å². The predicted octanol–water partition coefficient (Wildman–Crippen LogP) is 2.61. The average molecular weight is 198 g/mol. The lowest BCUT2D eigenvalue weighted by Crippen LogP contribution is -1.84. The van der Waals surface area contributed by atoms with E-state index in [4.69, 9.17) is 0 Å². The van der Waals surface area contributed by atoms with Crippen molar-refractivity contribution in [2.24, 2.45) is 0 Å². The number of hydrogen-bond acceptors (Lipinski definition) is 0. The summed E-state index contributed by atoms with van der Waals surface area (Å²) in [5.41, 5.74) is 0.